The fourth-order valence-electron chi connectivity index (χ4n) is 2.50. The number of nitrogens with zero attached hydrogens (tertiary/aromatic N) is 2. The first-order valence-corrected chi connectivity index (χ1v) is 7.12. The average Bonchev–Trinajstić information content (AvgIpc) is 3.00. The second kappa shape index (κ2) is 6.50. The van der Waals surface area contributed by atoms with Crippen molar-refractivity contribution in [1.29, 1.82) is 0 Å². The van der Waals surface area contributed by atoms with E-state index in [1.54, 1.807) is 6.20 Å². The van der Waals surface area contributed by atoms with Crippen LogP contribution in [0.15, 0.2) is 72.9 Å². The summed E-state index contributed by atoms with van der Waals surface area (Å²) in [6.45, 7) is 0. The molecule has 2 aromatic heterocycles. The summed E-state index contributed by atoms with van der Waals surface area (Å²) in [6, 6.07) is 22.1. The molecule has 0 aliphatic heterocycles. The molecule has 5 heteroatoms. The van der Waals surface area contributed by atoms with Gasteiger partial charge in [0.05, 0.1) is 11.2 Å². The number of anilines is 2. The molecule has 0 amide bonds. The van der Waals surface area contributed by atoms with E-state index >= 15 is 0 Å². The van der Waals surface area contributed by atoms with Crippen LogP contribution in [0.3, 0.4) is 0 Å². The highest BCUT2D eigenvalue weighted by atomic mass is 35.5. The number of aromatic amines is 1. The highest BCUT2D eigenvalue weighted by molar-refractivity contribution is 5.94. The zero-order valence-electron chi connectivity index (χ0n) is 12.2. The van der Waals surface area contributed by atoms with Gasteiger partial charge in [-0.2, -0.15) is 5.10 Å². The third-order valence-electron chi connectivity index (χ3n) is 3.55. The molecule has 0 spiro atoms. The number of hydrogen-bond donors (Lipinski definition) is 2. The highest BCUT2D eigenvalue weighted by Gasteiger charge is 2.08. The van der Waals surface area contributed by atoms with Crippen LogP contribution < -0.4 is 5.32 Å². The Morgan fingerprint density at radius 1 is 0.870 bits per heavy atom. The summed E-state index contributed by atoms with van der Waals surface area (Å²) in [5.74, 6) is 0.824. The summed E-state index contributed by atoms with van der Waals surface area (Å²) in [5.41, 5.74) is 4.06. The summed E-state index contributed by atoms with van der Waals surface area (Å²) in [4.78, 5) is 4.27. The maximum absolute atomic E-state index is 4.45. The maximum Gasteiger partial charge on any atom is 0.130 e. The van der Waals surface area contributed by atoms with E-state index in [1.165, 1.54) is 0 Å². The van der Waals surface area contributed by atoms with E-state index in [0.29, 0.717) is 0 Å². The standard InChI is InChI=1S/C18H14N4.ClH/c1-2-6-13(7-3-1)18-15-10-9-14(12-16(15)21-22-18)20-17-8-4-5-11-19-17;/h1-12H,(H,19,20)(H,21,22);1H. The number of aromatic nitrogens is 3. The summed E-state index contributed by atoms with van der Waals surface area (Å²) in [5, 5.41) is 11.9. The predicted molar refractivity (Wildman–Crippen MR) is 96.3 cm³/mol. The number of benzene rings is 2. The summed E-state index contributed by atoms with van der Waals surface area (Å²) in [7, 11) is 0. The van der Waals surface area contributed by atoms with E-state index in [4.69, 9.17) is 0 Å². The lowest BCUT2D eigenvalue weighted by molar-refractivity contribution is 1.12. The van der Waals surface area contributed by atoms with Crippen molar-refractivity contribution in [3.05, 3.63) is 72.9 Å². The second-order valence-electron chi connectivity index (χ2n) is 5.04. The van der Waals surface area contributed by atoms with E-state index < -0.39 is 0 Å². The summed E-state index contributed by atoms with van der Waals surface area (Å²) < 4.78 is 0. The molecule has 0 fully saturated rings. The average molecular weight is 323 g/mol. The van der Waals surface area contributed by atoms with Crippen LogP contribution in [-0.4, -0.2) is 15.2 Å². The van der Waals surface area contributed by atoms with E-state index in [0.717, 1.165) is 33.7 Å². The smallest absolute Gasteiger partial charge is 0.130 e. The van der Waals surface area contributed by atoms with Crippen molar-refractivity contribution >= 4 is 34.8 Å². The quantitative estimate of drug-likeness (QED) is 0.570. The van der Waals surface area contributed by atoms with Crippen LogP contribution in [0.1, 0.15) is 0 Å². The zero-order valence-corrected chi connectivity index (χ0v) is 13.0. The second-order valence-corrected chi connectivity index (χ2v) is 5.04. The normalized spacial score (nSPS) is 10.3. The van der Waals surface area contributed by atoms with Crippen LogP contribution in [-0.2, 0) is 0 Å². The van der Waals surface area contributed by atoms with Gasteiger partial charge in [-0.3, -0.25) is 5.10 Å². The third-order valence-corrected chi connectivity index (χ3v) is 3.55. The number of halogens is 1. The topological polar surface area (TPSA) is 53.6 Å². The molecule has 0 aliphatic carbocycles. The van der Waals surface area contributed by atoms with Gasteiger partial charge in [0.1, 0.15) is 5.82 Å². The molecule has 114 valence electrons. The minimum atomic E-state index is 0. The molecule has 4 rings (SSSR count). The zero-order chi connectivity index (χ0) is 14.8. The summed E-state index contributed by atoms with van der Waals surface area (Å²) in [6.07, 6.45) is 1.77. The molecule has 0 aliphatic rings. The van der Waals surface area contributed by atoms with Gasteiger partial charge in [0.25, 0.3) is 0 Å². The van der Waals surface area contributed by atoms with Gasteiger partial charge in [0.15, 0.2) is 0 Å². The number of pyridine rings is 1. The van der Waals surface area contributed by atoms with Crippen molar-refractivity contribution in [3.8, 4) is 11.3 Å². The van der Waals surface area contributed by atoms with Crippen molar-refractivity contribution in [2.24, 2.45) is 0 Å². The van der Waals surface area contributed by atoms with Gasteiger partial charge in [-0.15, -0.1) is 12.4 Å². The lowest BCUT2D eigenvalue weighted by atomic mass is 10.1. The molecule has 2 heterocycles. The Morgan fingerprint density at radius 2 is 1.70 bits per heavy atom. The van der Waals surface area contributed by atoms with Gasteiger partial charge in [-0.05, 0) is 30.3 Å². The molecular formula is C18H15ClN4. The molecule has 4 nitrogen and oxygen atoms in total. The number of fused-ring (bicyclic) bond motifs is 1. The van der Waals surface area contributed by atoms with Gasteiger partial charge in [-0.25, -0.2) is 4.98 Å². The van der Waals surface area contributed by atoms with Crippen LogP contribution in [0.25, 0.3) is 22.2 Å². The third kappa shape index (κ3) is 3.03. The monoisotopic (exact) mass is 322 g/mol. The Kier molecular flexibility index (Phi) is 4.26. The number of hydrogen-bond acceptors (Lipinski definition) is 3. The van der Waals surface area contributed by atoms with E-state index in [1.807, 2.05) is 48.5 Å². The molecule has 0 saturated carbocycles. The molecule has 0 bridgehead atoms. The lowest BCUT2D eigenvalue weighted by Gasteiger charge is -2.05. The first-order valence-electron chi connectivity index (χ1n) is 7.12. The fourth-order valence-corrected chi connectivity index (χ4v) is 2.50. The van der Waals surface area contributed by atoms with Crippen LogP contribution in [0, 0.1) is 0 Å². The molecule has 0 radical (unpaired) electrons. The van der Waals surface area contributed by atoms with Crippen LogP contribution >= 0.6 is 12.4 Å². The minimum absolute atomic E-state index is 0. The fraction of sp³-hybridized carbons (Fsp3) is 0. The molecular weight excluding hydrogens is 308 g/mol. The molecule has 2 N–H and O–H groups in total. The maximum atomic E-state index is 4.45. The Labute approximate surface area is 140 Å². The number of rotatable bonds is 3. The highest BCUT2D eigenvalue weighted by Crippen LogP contribution is 2.28. The Hall–Kier alpha value is -2.85. The molecule has 0 atom stereocenters. The van der Waals surface area contributed by atoms with Gasteiger partial charge in [0, 0.05) is 22.8 Å². The van der Waals surface area contributed by atoms with Gasteiger partial charge in [-0.1, -0.05) is 36.4 Å². The van der Waals surface area contributed by atoms with Gasteiger partial charge in [0.2, 0.25) is 0 Å². The van der Waals surface area contributed by atoms with Crippen molar-refractivity contribution in [2.45, 2.75) is 0 Å². The molecule has 0 saturated heterocycles. The van der Waals surface area contributed by atoms with Gasteiger partial charge >= 0.3 is 0 Å². The largest absolute Gasteiger partial charge is 0.340 e. The van der Waals surface area contributed by atoms with Crippen LogP contribution in [0.5, 0.6) is 0 Å². The first kappa shape index (κ1) is 15.1. The summed E-state index contributed by atoms with van der Waals surface area (Å²) >= 11 is 0. The van der Waals surface area contributed by atoms with Crippen molar-refractivity contribution in [1.82, 2.24) is 15.2 Å². The SMILES string of the molecule is Cl.c1ccc(-c2n[nH]c3cc(Nc4ccccn4)ccc23)cc1. The lowest BCUT2D eigenvalue weighted by Crippen LogP contribution is -1.92. The Morgan fingerprint density at radius 3 is 2.48 bits per heavy atom. The van der Waals surface area contributed by atoms with E-state index in [9.17, 15) is 0 Å². The first-order chi connectivity index (χ1) is 10.9. The Balaban J connectivity index is 0.00000156. The van der Waals surface area contributed by atoms with Crippen LogP contribution in [0.4, 0.5) is 11.5 Å². The number of H-pyrrole nitrogens is 1. The van der Waals surface area contributed by atoms with E-state index in [2.05, 4.69) is 38.7 Å². The van der Waals surface area contributed by atoms with Crippen LogP contribution in [0.2, 0.25) is 0 Å². The molecule has 23 heavy (non-hydrogen) atoms. The Bertz CT molecular complexity index is 904. The van der Waals surface area contributed by atoms with Crippen molar-refractivity contribution in [2.75, 3.05) is 5.32 Å². The molecule has 2 aromatic carbocycles. The molecule has 4 aromatic rings. The predicted octanol–water partition coefficient (Wildman–Crippen LogP) is 4.79. The van der Waals surface area contributed by atoms with Crippen molar-refractivity contribution < 1.29 is 0 Å². The van der Waals surface area contributed by atoms with Crippen molar-refractivity contribution in [3.63, 3.8) is 0 Å². The minimum Gasteiger partial charge on any atom is -0.340 e. The van der Waals surface area contributed by atoms with Gasteiger partial charge < -0.3 is 5.32 Å². The molecule has 0 unspecified atom stereocenters. The number of nitrogens with one attached hydrogen (secondary N) is 2. The van der Waals surface area contributed by atoms with E-state index in [-0.39, 0.29) is 12.4 Å².